The summed E-state index contributed by atoms with van der Waals surface area (Å²) < 4.78 is 13.6. The van der Waals surface area contributed by atoms with Crippen molar-refractivity contribution in [3.8, 4) is 0 Å². The molecule has 0 bridgehead atoms. The second-order valence-corrected chi connectivity index (χ2v) is 4.16. The van der Waals surface area contributed by atoms with E-state index in [9.17, 15) is 4.39 Å². The Morgan fingerprint density at radius 2 is 2.00 bits per heavy atom. The third-order valence-corrected chi connectivity index (χ3v) is 2.91. The van der Waals surface area contributed by atoms with Gasteiger partial charge in [-0.1, -0.05) is 6.92 Å². The minimum absolute atomic E-state index is 0.612. The highest BCUT2D eigenvalue weighted by Gasteiger charge is 2.26. The number of nitrogens with one attached hydrogen (secondary N) is 1. The van der Waals surface area contributed by atoms with Gasteiger partial charge in [0.2, 0.25) is 0 Å². The zero-order chi connectivity index (χ0) is 9.03. The lowest BCUT2D eigenvalue weighted by Crippen LogP contribution is -2.31. The average molecular weight is 173 g/mol. The summed E-state index contributed by atoms with van der Waals surface area (Å²) in [5.41, 5.74) is -0.929. The molecule has 1 rings (SSSR count). The van der Waals surface area contributed by atoms with Gasteiger partial charge < -0.3 is 5.32 Å². The van der Waals surface area contributed by atoms with Crippen molar-refractivity contribution in [3.05, 3.63) is 0 Å². The molecule has 0 spiro atoms. The van der Waals surface area contributed by atoms with Gasteiger partial charge in [0.05, 0.1) is 0 Å². The molecule has 0 saturated carbocycles. The number of rotatable bonds is 3. The molecule has 1 fully saturated rings. The first-order valence-electron chi connectivity index (χ1n) is 5.04. The van der Waals surface area contributed by atoms with Gasteiger partial charge in [-0.15, -0.1) is 0 Å². The van der Waals surface area contributed by atoms with E-state index in [-0.39, 0.29) is 0 Å². The van der Waals surface area contributed by atoms with Crippen LogP contribution in [0.25, 0.3) is 0 Å². The Labute approximate surface area is 74.7 Å². The van der Waals surface area contributed by atoms with E-state index >= 15 is 0 Å². The van der Waals surface area contributed by atoms with Gasteiger partial charge in [-0.2, -0.15) is 0 Å². The molecular formula is C10H20FN. The number of hydrogen-bond acceptors (Lipinski definition) is 1. The number of alkyl halides is 1. The first kappa shape index (κ1) is 9.97. The Kier molecular flexibility index (Phi) is 3.51. The highest BCUT2D eigenvalue weighted by atomic mass is 19.1. The van der Waals surface area contributed by atoms with Crippen LogP contribution >= 0.6 is 0 Å². The second kappa shape index (κ2) is 4.22. The van der Waals surface area contributed by atoms with E-state index in [1.54, 1.807) is 6.92 Å². The van der Waals surface area contributed by atoms with Crippen molar-refractivity contribution in [1.29, 1.82) is 0 Å². The Balaban J connectivity index is 2.28. The van der Waals surface area contributed by atoms with Gasteiger partial charge in [-0.3, -0.25) is 0 Å². The van der Waals surface area contributed by atoms with Gasteiger partial charge in [0.25, 0.3) is 0 Å². The minimum atomic E-state index is -0.929. The van der Waals surface area contributed by atoms with Crippen LogP contribution in [0.5, 0.6) is 0 Å². The Hall–Kier alpha value is -0.110. The van der Waals surface area contributed by atoms with Crippen LogP contribution in [0.15, 0.2) is 0 Å². The molecule has 1 aliphatic rings. The van der Waals surface area contributed by atoms with E-state index < -0.39 is 5.67 Å². The maximum atomic E-state index is 13.6. The maximum Gasteiger partial charge on any atom is 0.108 e. The maximum absolute atomic E-state index is 13.6. The molecule has 1 heterocycles. The zero-order valence-electron chi connectivity index (χ0n) is 8.20. The van der Waals surface area contributed by atoms with Gasteiger partial charge in [-0.25, -0.2) is 4.39 Å². The monoisotopic (exact) mass is 173 g/mol. The fourth-order valence-electron chi connectivity index (χ4n) is 1.83. The predicted molar refractivity (Wildman–Crippen MR) is 50.0 cm³/mol. The van der Waals surface area contributed by atoms with Crippen molar-refractivity contribution in [2.24, 2.45) is 5.92 Å². The van der Waals surface area contributed by atoms with Crippen LogP contribution in [0.2, 0.25) is 0 Å². The van der Waals surface area contributed by atoms with Crippen LogP contribution < -0.4 is 5.32 Å². The Bertz CT molecular complexity index is 128. The summed E-state index contributed by atoms with van der Waals surface area (Å²) in [4.78, 5) is 0. The molecule has 12 heavy (non-hydrogen) atoms. The third kappa shape index (κ3) is 3.10. The van der Waals surface area contributed by atoms with Crippen LogP contribution in [-0.2, 0) is 0 Å². The molecule has 1 unspecified atom stereocenters. The lowest BCUT2D eigenvalue weighted by Gasteiger charge is -2.28. The first-order chi connectivity index (χ1) is 5.64. The molecule has 0 aromatic heterocycles. The van der Waals surface area contributed by atoms with E-state index in [0.717, 1.165) is 32.4 Å². The number of hydrogen-bond donors (Lipinski definition) is 1. The Morgan fingerprint density at radius 1 is 1.42 bits per heavy atom. The van der Waals surface area contributed by atoms with Crippen molar-refractivity contribution < 1.29 is 4.39 Å². The smallest absolute Gasteiger partial charge is 0.108 e. The minimum Gasteiger partial charge on any atom is -0.317 e. The van der Waals surface area contributed by atoms with Gasteiger partial charge in [0.15, 0.2) is 0 Å². The fourth-order valence-corrected chi connectivity index (χ4v) is 1.83. The molecule has 0 amide bonds. The van der Waals surface area contributed by atoms with Gasteiger partial charge in [-0.05, 0) is 51.6 Å². The number of halogens is 1. The van der Waals surface area contributed by atoms with Gasteiger partial charge in [0.1, 0.15) is 5.67 Å². The molecule has 1 saturated heterocycles. The SMILES string of the molecule is CCC(C)(F)CC1CCNCC1. The summed E-state index contributed by atoms with van der Waals surface area (Å²) in [7, 11) is 0. The predicted octanol–water partition coefficient (Wildman–Crippen LogP) is 2.51. The van der Waals surface area contributed by atoms with Gasteiger partial charge >= 0.3 is 0 Å². The molecule has 1 nitrogen and oxygen atoms in total. The average Bonchev–Trinajstić information content (AvgIpc) is 2.06. The molecule has 0 aromatic carbocycles. The molecule has 1 aliphatic heterocycles. The summed E-state index contributed by atoms with van der Waals surface area (Å²) in [6, 6.07) is 0. The molecular weight excluding hydrogens is 153 g/mol. The topological polar surface area (TPSA) is 12.0 Å². The first-order valence-corrected chi connectivity index (χ1v) is 5.04. The zero-order valence-corrected chi connectivity index (χ0v) is 8.20. The molecule has 1 N–H and O–H groups in total. The lowest BCUT2D eigenvalue weighted by atomic mass is 9.86. The standard InChI is InChI=1S/C10H20FN/c1-3-10(2,11)8-9-4-6-12-7-5-9/h9,12H,3-8H2,1-2H3. The number of piperidine rings is 1. The summed E-state index contributed by atoms with van der Waals surface area (Å²) in [5.74, 6) is 0.612. The van der Waals surface area contributed by atoms with E-state index in [1.807, 2.05) is 6.92 Å². The van der Waals surface area contributed by atoms with Crippen molar-refractivity contribution in [2.75, 3.05) is 13.1 Å². The largest absolute Gasteiger partial charge is 0.317 e. The normalized spacial score (nSPS) is 25.2. The van der Waals surface area contributed by atoms with Gasteiger partial charge in [0, 0.05) is 0 Å². The molecule has 0 radical (unpaired) electrons. The van der Waals surface area contributed by atoms with Crippen LogP contribution in [0.1, 0.15) is 39.5 Å². The summed E-state index contributed by atoms with van der Waals surface area (Å²) in [5, 5.41) is 3.30. The van der Waals surface area contributed by atoms with Crippen LogP contribution in [0.3, 0.4) is 0 Å². The molecule has 72 valence electrons. The Morgan fingerprint density at radius 3 is 2.50 bits per heavy atom. The van der Waals surface area contributed by atoms with Crippen LogP contribution in [0.4, 0.5) is 4.39 Å². The third-order valence-electron chi connectivity index (χ3n) is 2.91. The van der Waals surface area contributed by atoms with Crippen LogP contribution in [-0.4, -0.2) is 18.8 Å². The quantitative estimate of drug-likeness (QED) is 0.691. The van der Waals surface area contributed by atoms with Crippen molar-refractivity contribution >= 4 is 0 Å². The molecule has 2 heteroatoms. The van der Waals surface area contributed by atoms with E-state index in [4.69, 9.17) is 0 Å². The highest BCUT2D eigenvalue weighted by Crippen LogP contribution is 2.28. The van der Waals surface area contributed by atoms with E-state index in [1.165, 1.54) is 0 Å². The summed E-state index contributed by atoms with van der Waals surface area (Å²) in [6.07, 6.45) is 3.71. The summed E-state index contributed by atoms with van der Waals surface area (Å²) >= 11 is 0. The van der Waals surface area contributed by atoms with Crippen molar-refractivity contribution in [2.45, 2.75) is 45.2 Å². The fraction of sp³-hybridized carbons (Fsp3) is 1.00. The van der Waals surface area contributed by atoms with E-state index in [0.29, 0.717) is 12.3 Å². The molecule has 1 atom stereocenters. The van der Waals surface area contributed by atoms with Crippen molar-refractivity contribution in [1.82, 2.24) is 5.32 Å². The van der Waals surface area contributed by atoms with E-state index in [2.05, 4.69) is 5.32 Å². The highest BCUT2D eigenvalue weighted by molar-refractivity contribution is 4.78. The second-order valence-electron chi connectivity index (χ2n) is 4.16. The molecule has 0 aliphatic carbocycles. The van der Waals surface area contributed by atoms with Crippen LogP contribution in [0, 0.1) is 5.92 Å². The molecule has 0 aromatic rings. The van der Waals surface area contributed by atoms with Crippen molar-refractivity contribution in [3.63, 3.8) is 0 Å². The summed E-state index contributed by atoms with van der Waals surface area (Å²) in [6.45, 7) is 5.81. The lowest BCUT2D eigenvalue weighted by molar-refractivity contribution is 0.128.